The Morgan fingerprint density at radius 2 is 2.10 bits per heavy atom. The van der Waals surface area contributed by atoms with Crippen LogP contribution in [0.3, 0.4) is 0 Å². The van der Waals surface area contributed by atoms with Gasteiger partial charge in [0.1, 0.15) is 18.7 Å². The van der Waals surface area contributed by atoms with E-state index in [2.05, 4.69) is 22.2 Å². The Morgan fingerprint density at radius 3 is 2.76 bits per heavy atom. The van der Waals surface area contributed by atoms with Crippen LogP contribution in [-0.2, 0) is 19.6 Å². The Hall–Kier alpha value is -2.37. The zero-order chi connectivity index (χ0) is 15.1. The molecule has 0 saturated heterocycles. The average Bonchev–Trinajstić information content (AvgIpc) is 2.94. The zero-order valence-electron chi connectivity index (χ0n) is 12.4. The van der Waals surface area contributed by atoms with Gasteiger partial charge < -0.3 is 9.94 Å². The van der Waals surface area contributed by atoms with Gasteiger partial charge in [0.2, 0.25) is 0 Å². The first-order valence-corrected chi connectivity index (χ1v) is 6.99. The molecule has 0 aliphatic heterocycles. The molecule has 0 spiro atoms. The van der Waals surface area contributed by atoms with Gasteiger partial charge in [0.05, 0.1) is 5.71 Å². The Balaban J connectivity index is 1.93. The Labute approximate surface area is 124 Å². The largest absolute Gasteiger partial charge is 0.486 e. The molecule has 0 radical (unpaired) electrons. The van der Waals surface area contributed by atoms with E-state index < -0.39 is 0 Å². The van der Waals surface area contributed by atoms with Crippen LogP contribution in [0.1, 0.15) is 31.7 Å². The Morgan fingerprint density at radius 1 is 1.33 bits per heavy atom. The maximum Gasteiger partial charge on any atom is 0.164 e. The minimum Gasteiger partial charge on any atom is -0.486 e. The number of rotatable bonds is 7. The molecule has 0 bridgehead atoms. The quantitative estimate of drug-likeness (QED) is 0.483. The molecule has 0 aliphatic rings. The van der Waals surface area contributed by atoms with Crippen molar-refractivity contribution in [2.45, 2.75) is 39.8 Å². The number of benzene rings is 1. The third kappa shape index (κ3) is 4.30. The van der Waals surface area contributed by atoms with Gasteiger partial charge in [-0.1, -0.05) is 24.2 Å². The third-order valence-corrected chi connectivity index (χ3v) is 3.05. The van der Waals surface area contributed by atoms with E-state index in [0.717, 1.165) is 30.1 Å². The van der Waals surface area contributed by atoms with Gasteiger partial charge in [-0.3, -0.25) is 0 Å². The summed E-state index contributed by atoms with van der Waals surface area (Å²) in [6, 6.07) is 7.72. The number of oxime groups is 1. The van der Waals surface area contributed by atoms with E-state index in [1.165, 1.54) is 0 Å². The maximum atomic E-state index is 8.66. The van der Waals surface area contributed by atoms with Crippen LogP contribution in [0.15, 0.2) is 35.7 Å². The lowest BCUT2D eigenvalue weighted by molar-refractivity contribution is 0.286. The molecule has 6 nitrogen and oxygen atoms in total. The normalized spacial score (nSPS) is 11.6. The summed E-state index contributed by atoms with van der Waals surface area (Å²) in [5.74, 6) is 1.60. The second kappa shape index (κ2) is 7.42. The van der Waals surface area contributed by atoms with Gasteiger partial charge >= 0.3 is 0 Å². The molecule has 6 heteroatoms. The van der Waals surface area contributed by atoms with Crippen molar-refractivity contribution in [1.29, 1.82) is 0 Å². The van der Waals surface area contributed by atoms with E-state index in [4.69, 9.17) is 9.94 Å². The highest BCUT2D eigenvalue weighted by atomic mass is 16.5. The number of nitrogens with zero attached hydrogens (tertiary/aromatic N) is 4. The minimum absolute atomic E-state index is 0.399. The molecule has 2 aromatic rings. The highest BCUT2D eigenvalue weighted by molar-refractivity contribution is 5.83. The lowest BCUT2D eigenvalue weighted by atomic mass is 10.1. The summed E-state index contributed by atoms with van der Waals surface area (Å²) in [7, 11) is 0. The molecule has 0 atom stereocenters. The van der Waals surface area contributed by atoms with Crippen molar-refractivity contribution in [2.75, 3.05) is 0 Å². The molecule has 112 valence electrons. The summed E-state index contributed by atoms with van der Waals surface area (Å²) in [6.45, 7) is 5.13. The van der Waals surface area contributed by atoms with E-state index in [0.29, 0.717) is 18.7 Å². The number of ether oxygens (including phenoxy) is 1. The SMILES string of the molecule is CCCn1ncnc1COc1ccc(C/C(C)=N/O)cc1. The molecule has 1 heterocycles. The summed E-state index contributed by atoms with van der Waals surface area (Å²) in [5, 5.41) is 16.0. The minimum atomic E-state index is 0.399. The van der Waals surface area contributed by atoms with Crippen molar-refractivity contribution >= 4 is 5.71 Å². The Bertz CT molecular complexity index is 590. The number of hydrogen-bond donors (Lipinski definition) is 1. The lowest BCUT2D eigenvalue weighted by Crippen LogP contribution is -2.08. The van der Waals surface area contributed by atoms with Gasteiger partial charge in [-0.15, -0.1) is 0 Å². The molecule has 1 aromatic heterocycles. The second-order valence-electron chi connectivity index (χ2n) is 4.84. The molecule has 0 fully saturated rings. The van der Waals surface area contributed by atoms with E-state index in [1.54, 1.807) is 13.3 Å². The number of hydrogen-bond acceptors (Lipinski definition) is 5. The lowest BCUT2D eigenvalue weighted by Gasteiger charge is -2.08. The topological polar surface area (TPSA) is 72.5 Å². The fourth-order valence-electron chi connectivity index (χ4n) is 1.98. The van der Waals surface area contributed by atoms with E-state index in [9.17, 15) is 0 Å². The van der Waals surface area contributed by atoms with E-state index in [1.807, 2.05) is 28.9 Å². The zero-order valence-corrected chi connectivity index (χ0v) is 12.4. The van der Waals surface area contributed by atoms with Crippen LogP contribution in [-0.4, -0.2) is 25.7 Å². The molecule has 1 N–H and O–H groups in total. The predicted octanol–water partition coefficient (Wildman–Crippen LogP) is 2.66. The molecular weight excluding hydrogens is 268 g/mol. The standard InChI is InChI=1S/C15H20N4O2/c1-3-8-19-15(16-11-17-19)10-21-14-6-4-13(5-7-14)9-12(2)18-20/h4-7,11,20H,3,8-10H2,1-2H3/b18-12+. The van der Waals surface area contributed by atoms with Crippen molar-refractivity contribution in [1.82, 2.24) is 14.8 Å². The van der Waals surface area contributed by atoms with Crippen LogP contribution in [0.4, 0.5) is 0 Å². The van der Waals surface area contributed by atoms with Crippen LogP contribution >= 0.6 is 0 Å². The first-order valence-electron chi connectivity index (χ1n) is 6.99. The van der Waals surface area contributed by atoms with Gasteiger partial charge in [0.25, 0.3) is 0 Å². The summed E-state index contributed by atoms with van der Waals surface area (Å²) in [5.41, 5.74) is 1.75. The van der Waals surface area contributed by atoms with Gasteiger partial charge in [-0.25, -0.2) is 9.67 Å². The van der Waals surface area contributed by atoms with E-state index in [-0.39, 0.29) is 0 Å². The molecule has 0 unspecified atom stereocenters. The third-order valence-electron chi connectivity index (χ3n) is 3.05. The molecule has 21 heavy (non-hydrogen) atoms. The van der Waals surface area contributed by atoms with Crippen LogP contribution < -0.4 is 4.74 Å². The monoisotopic (exact) mass is 288 g/mol. The molecule has 1 aromatic carbocycles. The van der Waals surface area contributed by atoms with Gasteiger partial charge in [0.15, 0.2) is 5.82 Å². The highest BCUT2D eigenvalue weighted by Gasteiger charge is 2.05. The predicted molar refractivity (Wildman–Crippen MR) is 79.7 cm³/mol. The fraction of sp³-hybridized carbons (Fsp3) is 0.400. The summed E-state index contributed by atoms with van der Waals surface area (Å²) >= 11 is 0. The smallest absolute Gasteiger partial charge is 0.164 e. The van der Waals surface area contributed by atoms with Crippen molar-refractivity contribution in [3.8, 4) is 5.75 Å². The number of aromatic nitrogens is 3. The van der Waals surface area contributed by atoms with Gasteiger partial charge in [-0.05, 0) is 31.0 Å². The fourth-order valence-corrected chi connectivity index (χ4v) is 1.98. The van der Waals surface area contributed by atoms with E-state index >= 15 is 0 Å². The first-order chi connectivity index (χ1) is 10.2. The summed E-state index contributed by atoms with van der Waals surface area (Å²) < 4.78 is 7.58. The molecular formula is C15H20N4O2. The van der Waals surface area contributed by atoms with Gasteiger partial charge in [-0.2, -0.15) is 5.10 Å². The van der Waals surface area contributed by atoms with Crippen molar-refractivity contribution in [3.05, 3.63) is 42.0 Å². The second-order valence-corrected chi connectivity index (χ2v) is 4.84. The van der Waals surface area contributed by atoms with Gasteiger partial charge in [0, 0.05) is 13.0 Å². The van der Waals surface area contributed by atoms with Crippen LogP contribution in [0, 0.1) is 0 Å². The highest BCUT2D eigenvalue weighted by Crippen LogP contribution is 2.14. The van der Waals surface area contributed by atoms with Crippen molar-refractivity contribution < 1.29 is 9.94 Å². The van der Waals surface area contributed by atoms with Crippen LogP contribution in [0.25, 0.3) is 0 Å². The van der Waals surface area contributed by atoms with Crippen LogP contribution in [0.2, 0.25) is 0 Å². The summed E-state index contributed by atoms with van der Waals surface area (Å²) in [6.07, 6.45) is 3.19. The average molecular weight is 288 g/mol. The molecule has 0 aliphatic carbocycles. The summed E-state index contributed by atoms with van der Waals surface area (Å²) in [4.78, 5) is 4.20. The van der Waals surface area contributed by atoms with Crippen LogP contribution in [0.5, 0.6) is 5.75 Å². The van der Waals surface area contributed by atoms with Crippen molar-refractivity contribution in [3.63, 3.8) is 0 Å². The molecule has 0 amide bonds. The first kappa shape index (κ1) is 15.0. The van der Waals surface area contributed by atoms with Crippen molar-refractivity contribution in [2.24, 2.45) is 5.16 Å². The molecule has 2 rings (SSSR count). The molecule has 0 saturated carbocycles. The maximum absolute atomic E-state index is 8.66. The number of aryl methyl sites for hydroxylation is 1. The Kier molecular flexibility index (Phi) is 5.31.